The van der Waals surface area contributed by atoms with Crippen LogP contribution in [0.15, 0.2) is 59.1 Å². The second-order valence-corrected chi connectivity index (χ2v) is 8.79. The fourth-order valence-electron chi connectivity index (χ4n) is 4.50. The zero-order valence-corrected chi connectivity index (χ0v) is 19.3. The van der Waals surface area contributed by atoms with Gasteiger partial charge < -0.3 is 18.9 Å². The number of rotatable bonds is 8. The highest BCUT2D eigenvalue weighted by molar-refractivity contribution is 5.64. The van der Waals surface area contributed by atoms with E-state index in [4.69, 9.17) is 14.0 Å². The molecule has 0 saturated carbocycles. The summed E-state index contributed by atoms with van der Waals surface area (Å²) in [5.74, 6) is 2.43. The molecule has 0 aliphatic carbocycles. The molecule has 0 unspecified atom stereocenters. The average molecular weight is 449 g/mol. The first-order chi connectivity index (χ1) is 16.2. The van der Waals surface area contributed by atoms with Gasteiger partial charge in [-0.15, -0.1) is 0 Å². The van der Waals surface area contributed by atoms with Crippen LogP contribution in [0.1, 0.15) is 12.2 Å². The summed E-state index contributed by atoms with van der Waals surface area (Å²) in [4.78, 5) is 7.35. The van der Waals surface area contributed by atoms with E-state index in [0.717, 1.165) is 80.8 Å². The van der Waals surface area contributed by atoms with Crippen molar-refractivity contribution in [2.45, 2.75) is 13.0 Å². The van der Waals surface area contributed by atoms with Crippen molar-refractivity contribution < 1.29 is 14.0 Å². The molecule has 1 aromatic heterocycles. The van der Waals surface area contributed by atoms with E-state index in [1.165, 1.54) is 5.69 Å². The number of piperazine rings is 1. The number of hydrogen-bond donors (Lipinski definition) is 0. The molecule has 0 spiro atoms. The predicted molar refractivity (Wildman–Crippen MR) is 129 cm³/mol. The summed E-state index contributed by atoms with van der Waals surface area (Å²) in [6, 6.07) is 18.6. The van der Waals surface area contributed by atoms with E-state index < -0.39 is 0 Å². The van der Waals surface area contributed by atoms with Gasteiger partial charge in [-0.2, -0.15) is 0 Å². The Morgan fingerprint density at radius 1 is 0.909 bits per heavy atom. The van der Waals surface area contributed by atoms with Crippen LogP contribution in [0.25, 0.3) is 11.3 Å². The van der Waals surface area contributed by atoms with Crippen molar-refractivity contribution in [3.05, 3.63) is 60.4 Å². The van der Waals surface area contributed by atoms with Gasteiger partial charge in [-0.1, -0.05) is 23.4 Å². The lowest BCUT2D eigenvalue weighted by Gasteiger charge is -2.36. The summed E-state index contributed by atoms with van der Waals surface area (Å²) < 4.78 is 16.9. The van der Waals surface area contributed by atoms with Crippen LogP contribution in [0.5, 0.6) is 11.5 Å². The molecule has 7 nitrogen and oxygen atoms in total. The number of hydrogen-bond acceptors (Lipinski definition) is 7. The summed E-state index contributed by atoms with van der Waals surface area (Å²) in [5.41, 5.74) is 3.14. The number of aromatic nitrogens is 1. The molecule has 2 aliphatic heterocycles. The lowest BCUT2D eigenvalue weighted by molar-refractivity contribution is 0.171. The van der Waals surface area contributed by atoms with Gasteiger partial charge in [0.25, 0.3) is 0 Å². The van der Waals surface area contributed by atoms with E-state index in [0.29, 0.717) is 13.2 Å². The number of anilines is 1. The van der Waals surface area contributed by atoms with Crippen molar-refractivity contribution in [2.75, 3.05) is 64.4 Å². The zero-order chi connectivity index (χ0) is 22.5. The van der Waals surface area contributed by atoms with Gasteiger partial charge in [-0.05, 0) is 56.9 Å². The van der Waals surface area contributed by atoms with Gasteiger partial charge in [-0.25, -0.2) is 0 Å². The maximum absolute atomic E-state index is 5.68. The van der Waals surface area contributed by atoms with E-state index >= 15 is 0 Å². The lowest BCUT2D eigenvalue weighted by atomic mass is 10.1. The Labute approximate surface area is 195 Å². The first kappa shape index (κ1) is 21.8. The number of benzene rings is 2. The molecule has 3 heterocycles. The summed E-state index contributed by atoms with van der Waals surface area (Å²) in [6.45, 7) is 8.52. The normalized spacial score (nSPS) is 16.4. The van der Waals surface area contributed by atoms with Crippen molar-refractivity contribution in [3.63, 3.8) is 0 Å². The van der Waals surface area contributed by atoms with Crippen molar-refractivity contribution in [1.82, 2.24) is 15.0 Å². The Balaban J connectivity index is 1.05. The highest BCUT2D eigenvalue weighted by Gasteiger charge is 2.18. The van der Waals surface area contributed by atoms with Crippen LogP contribution in [-0.2, 0) is 6.54 Å². The van der Waals surface area contributed by atoms with Crippen LogP contribution in [0.4, 0.5) is 5.69 Å². The van der Waals surface area contributed by atoms with Gasteiger partial charge in [0.05, 0.1) is 6.54 Å². The van der Waals surface area contributed by atoms with Gasteiger partial charge in [0, 0.05) is 43.5 Å². The molecule has 3 aromatic rings. The first-order valence-corrected chi connectivity index (χ1v) is 11.8. The van der Waals surface area contributed by atoms with Gasteiger partial charge in [0.1, 0.15) is 18.9 Å². The molecule has 0 N–H and O–H groups in total. The molecular weight excluding hydrogens is 416 g/mol. The van der Waals surface area contributed by atoms with Crippen LogP contribution >= 0.6 is 0 Å². The summed E-state index contributed by atoms with van der Waals surface area (Å²) >= 11 is 0. The van der Waals surface area contributed by atoms with Crippen molar-refractivity contribution in [2.24, 2.45) is 0 Å². The lowest BCUT2D eigenvalue weighted by Crippen LogP contribution is -2.47. The minimum absolute atomic E-state index is 0.577. The summed E-state index contributed by atoms with van der Waals surface area (Å²) in [5, 5.41) is 4.26. The zero-order valence-electron chi connectivity index (χ0n) is 19.3. The predicted octanol–water partition coefficient (Wildman–Crippen LogP) is 3.76. The Morgan fingerprint density at radius 2 is 1.70 bits per heavy atom. The Kier molecular flexibility index (Phi) is 6.79. The molecule has 0 bridgehead atoms. The van der Waals surface area contributed by atoms with Crippen LogP contribution in [0, 0.1) is 0 Å². The number of nitrogens with zero attached hydrogens (tertiary/aromatic N) is 4. The fourth-order valence-corrected chi connectivity index (χ4v) is 4.50. The van der Waals surface area contributed by atoms with Crippen molar-refractivity contribution >= 4 is 5.69 Å². The molecule has 0 amide bonds. The van der Waals surface area contributed by atoms with E-state index in [2.05, 4.69) is 57.2 Å². The molecule has 33 heavy (non-hydrogen) atoms. The van der Waals surface area contributed by atoms with E-state index in [1.54, 1.807) is 0 Å². The third kappa shape index (κ3) is 5.49. The maximum atomic E-state index is 5.68. The van der Waals surface area contributed by atoms with Gasteiger partial charge in [-0.3, -0.25) is 9.80 Å². The second kappa shape index (κ2) is 10.3. The topological polar surface area (TPSA) is 54.2 Å². The Bertz CT molecular complexity index is 1030. The molecular formula is C26H32N4O3. The molecule has 174 valence electrons. The Morgan fingerprint density at radius 3 is 2.52 bits per heavy atom. The quantitative estimate of drug-likeness (QED) is 0.520. The molecule has 2 aromatic carbocycles. The highest BCUT2D eigenvalue weighted by atomic mass is 16.6. The molecule has 0 radical (unpaired) electrons. The third-order valence-electron chi connectivity index (χ3n) is 6.33. The molecule has 0 atom stereocenters. The summed E-state index contributed by atoms with van der Waals surface area (Å²) in [7, 11) is 2.14. The second-order valence-electron chi connectivity index (χ2n) is 8.79. The van der Waals surface area contributed by atoms with Gasteiger partial charge >= 0.3 is 0 Å². The Hall–Kier alpha value is -3.03. The van der Waals surface area contributed by atoms with Crippen LogP contribution in [0.3, 0.4) is 0 Å². The van der Waals surface area contributed by atoms with Crippen LogP contribution < -0.4 is 14.4 Å². The van der Waals surface area contributed by atoms with Crippen molar-refractivity contribution in [1.29, 1.82) is 0 Å². The maximum Gasteiger partial charge on any atom is 0.162 e. The number of fused-ring (bicyclic) bond motifs is 1. The smallest absolute Gasteiger partial charge is 0.162 e. The molecule has 7 heteroatoms. The molecule has 2 aliphatic rings. The minimum atomic E-state index is 0.577. The monoisotopic (exact) mass is 448 g/mol. The van der Waals surface area contributed by atoms with Gasteiger partial charge in [0.2, 0.25) is 0 Å². The highest BCUT2D eigenvalue weighted by Crippen LogP contribution is 2.34. The number of para-hydroxylation sites is 1. The fraction of sp³-hybridized carbons (Fsp3) is 0.423. The van der Waals surface area contributed by atoms with Gasteiger partial charge in [0.15, 0.2) is 17.3 Å². The third-order valence-corrected chi connectivity index (χ3v) is 6.33. The van der Waals surface area contributed by atoms with Crippen LogP contribution in [-0.4, -0.2) is 74.5 Å². The SMILES string of the molecule is CN(CCCN1CCN(c2ccccc2)CC1)Cc1cc(-c2ccc3c(c2)OCCO3)no1. The van der Waals surface area contributed by atoms with E-state index in [1.807, 2.05) is 24.3 Å². The van der Waals surface area contributed by atoms with E-state index in [9.17, 15) is 0 Å². The average Bonchev–Trinajstić information content (AvgIpc) is 3.33. The van der Waals surface area contributed by atoms with Crippen molar-refractivity contribution in [3.8, 4) is 22.8 Å². The standard InChI is InChI=1S/C26H32N4O3/c1-28(10-5-11-29-12-14-30(15-13-29)22-6-3-2-4-7-22)20-23-19-24(27-33-23)21-8-9-25-26(18-21)32-17-16-31-25/h2-4,6-9,18-19H,5,10-17,20H2,1H3. The van der Waals surface area contributed by atoms with E-state index in [-0.39, 0.29) is 0 Å². The molecule has 1 fully saturated rings. The molecule has 1 saturated heterocycles. The molecule has 5 rings (SSSR count). The first-order valence-electron chi connectivity index (χ1n) is 11.8. The largest absolute Gasteiger partial charge is 0.486 e. The summed E-state index contributed by atoms with van der Waals surface area (Å²) in [6.07, 6.45) is 1.14. The van der Waals surface area contributed by atoms with Crippen LogP contribution in [0.2, 0.25) is 0 Å². The minimum Gasteiger partial charge on any atom is -0.486 e. The number of ether oxygens (including phenoxy) is 2.